The Hall–Kier alpha value is -3.87. The number of rotatable bonds is 4. The number of hydrogen-bond donors (Lipinski definition) is 1. The second-order valence-corrected chi connectivity index (χ2v) is 8.66. The predicted octanol–water partition coefficient (Wildman–Crippen LogP) is 4.24. The molecule has 7 heteroatoms. The monoisotopic (exact) mass is 443 g/mol. The zero-order valence-electron chi connectivity index (χ0n) is 18.6. The van der Waals surface area contributed by atoms with E-state index < -0.39 is 0 Å². The topological polar surface area (TPSA) is 82.9 Å². The second kappa shape index (κ2) is 8.24. The number of fused-ring (bicyclic) bond motifs is 1. The molecule has 7 nitrogen and oxygen atoms in total. The zero-order chi connectivity index (χ0) is 23.1. The van der Waals surface area contributed by atoms with E-state index in [1.807, 2.05) is 43.3 Å². The average molecular weight is 444 g/mol. The Morgan fingerprint density at radius 3 is 2.45 bits per heavy atom. The van der Waals surface area contributed by atoms with Crippen LogP contribution in [0.1, 0.15) is 47.6 Å². The minimum atomic E-state index is -0.258. The molecule has 1 aliphatic heterocycles. The average Bonchev–Trinajstić information content (AvgIpc) is 3.45. The number of carbonyl (C=O) groups is 3. The summed E-state index contributed by atoms with van der Waals surface area (Å²) in [6, 6.07) is 16.5. The molecular weight excluding hydrogens is 418 g/mol. The Balaban J connectivity index is 1.55. The molecule has 0 saturated heterocycles. The van der Waals surface area contributed by atoms with Gasteiger partial charge in [-0.05, 0) is 67.3 Å². The quantitative estimate of drug-likeness (QED) is 0.654. The normalized spacial score (nSPS) is 17.5. The number of carbonyl (C=O) groups excluding carboxylic acids is 3. The van der Waals surface area contributed by atoms with Crippen LogP contribution in [0.4, 0.5) is 11.4 Å². The van der Waals surface area contributed by atoms with Gasteiger partial charge in [-0.15, -0.1) is 0 Å². The first-order chi connectivity index (χ1) is 15.9. The van der Waals surface area contributed by atoms with Crippen molar-refractivity contribution in [3.8, 4) is 11.1 Å². The van der Waals surface area contributed by atoms with Crippen LogP contribution in [0, 0.1) is 0 Å². The SMILES string of the molecule is CC(=O)N1c2ccc(-c3cccc(C(=O)NC4CC4)c3)cc2N(C(=O)c2ccco2)C[C@@H]1C. The van der Waals surface area contributed by atoms with E-state index in [9.17, 15) is 14.4 Å². The van der Waals surface area contributed by atoms with Gasteiger partial charge in [0.25, 0.3) is 11.8 Å². The summed E-state index contributed by atoms with van der Waals surface area (Å²) in [6.07, 6.45) is 3.53. The van der Waals surface area contributed by atoms with Crippen LogP contribution >= 0.6 is 0 Å². The fourth-order valence-electron chi connectivity index (χ4n) is 4.35. The van der Waals surface area contributed by atoms with Gasteiger partial charge in [0.15, 0.2) is 5.76 Å². The fourth-order valence-corrected chi connectivity index (χ4v) is 4.35. The molecule has 1 aromatic heterocycles. The number of anilines is 2. The third-order valence-electron chi connectivity index (χ3n) is 6.10. The maximum absolute atomic E-state index is 13.2. The van der Waals surface area contributed by atoms with Crippen molar-refractivity contribution >= 4 is 29.1 Å². The van der Waals surface area contributed by atoms with E-state index in [1.165, 1.54) is 13.2 Å². The van der Waals surface area contributed by atoms with Gasteiger partial charge in [-0.3, -0.25) is 14.4 Å². The molecule has 1 saturated carbocycles. The van der Waals surface area contributed by atoms with Crippen molar-refractivity contribution in [1.29, 1.82) is 0 Å². The molecule has 33 heavy (non-hydrogen) atoms. The minimum absolute atomic E-state index is 0.0801. The fraction of sp³-hybridized carbons (Fsp3) is 0.269. The lowest BCUT2D eigenvalue weighted by molar-refractivity contribution is -0.117. The van der Waals surface area contributed by atoms with Crippen LogP contribution < -0.4 is 15.1 Å². The van der Waals surface area contributed by atoms with Crippen molar-refractivity contribution in [2.24, 2.45) is 0 Å². The third kappa shape index (κ3) is 4.02. The molecule has 5 rings (SSSR count). The molecule has 0 spiro atoms. The smallest absolute Gasteiger partial charge is 0.294 e. The number of nitrogens with one attached hydrogen (secondary N) is 1. The summed E-state index contributed by atoms with van der Waals surface area (Å²) in [4.78, 5) is 41.5. The summed E-state index contributed by atoms with van der Waals surface area (Å²) in [7, 11) is 0. The van der Waals surface area contributed by atoms with Gasteiger partial charge in [-0.2, -0.15) is 0 Å². The van der Waals surface area contributed by atoms with E-state index >= 15 is 0 Å². The Morgan fingerprint density at radius 1 is 0.970 bits per heavy atom. The van der Waals surface area contributed by atoms with Gasteiger partial charge in [-0.25, -0.2) is 0 Å². The van der Waals surface area contributed by atoms with Crippen molar-refractivity contribution in [1.82, 2.24) is 5.32 Å². The number of hydrogen-bond acceptors (Lipinski definition) is 4. The van der Waals surface area contributed by atoms with E-state index in [2.05, 4.69) is 5.32 Å². The van der Waals surface area contributed by atoms with Gasteiger partial charge in [0.05, 0.1) is 23.7 Å². The second-order valence-electron chi connectivity index (χ2n) is 8.66. The van der Waals surface area contributed by atoms with Crippen LogP contribution in [0.25, 0.3) is 11.1 Å². The molecular formula is C26H25N3O4. The Morgan fingerprint density at radius 2 is 1.76 bits per heavy atom. The van der Waals surface area contributed by atoms with Crippen LogP contribution in [0.3, 0.4) is 0 Å². The number of nitrogens with zero attached hydrogens (tertiary/aromatic N) is 2. The molecule has 1 fully saturated rings. The molecule has 1 N–H and O–H groups in total. The molecule has 0 radical (unpaired) electrons. The Kier molecular flexibility index (Phi) is 5.24. The van der Waals surface area contributed by atoms with Crippen LogP contribution in [-0.2, 0) is 4.79 Å². The highest BCUT2D eigenvalue weighted by Crippen LogP contribution is 2.39. The lowest BCUT2D eigenvalue weighted by Gasteiger charge is -2.40. The van der Waals surface area contributed by atoms with Gasteiger partial charge >= 0.3 is 0 Å². The summed E-state index contributed by atoms with van der Waals surface area (Å²) in [6.45, 7) is 3.79. The maximum Gasteiger partial charge on any atom is 0.294 e. The van der Waals surface area contributed by atoms with E-state index in [1.54, 1.807) is 28.0 Å². The Labute approximate surface area is 192 Å². The van der Waals surface area contributed by atoms with Gasteiger partial charge < -0.3 is 19.5 Å². The molecule has 0 bridgehead atoms. The number of benzene rings is 2. The first-order valence-corrected chi connectivity index (χ1v) is 11.1. The minimum Gasteiger partial charge on any atom is -0.459 e. The van der Waals surface area contributed by atoms with Gasteiger partial charge in [0.2, 0.25) is 5.91 Å². The zero-order valence-corrected chi connectivity index (χ0v) is 18.6. The van der Waals surface area contributed by atoms with Crippen molar-refractivity contribution < 1.29 is 18.8 Å². The van der Waals surface area contributed by atoms with E-state index in [-0.39, 0.29) is 35.6 Å². The third-order valence-corrected chi connectivity index (χ3v) is 6.10. The van der Waals surface area contributed by atoms with Crippen LogP contribution in [0.5, 0.6) is 0 Å². The lowest BCUT2D eigenvalue weighted by atomic mass is 9.99. The molecule has 2 heterocycles. The summed E-state index contributed by atoms with van der Waals surface area (Å²) in [5, 5.41) is 3.01. The molecule has 3 aromatic rings. The number of amides is 3. The maximum atomic E-state index is 13.2. The van der Waals surface area contributed by atoms with Crippen molar-refractivity contribution in [3.05, 3.63) is 72.2 Å². The lowest BCUT2D eigenvalue weighted by Crippen LogP contribution is -2.51. The standard InChI is InChI=1S/C26H25N3O4/c1-16-15-28(26(32)24-7-4-12-33-24)23-14-19(8-11-22(23)29(16)17(2)30)18-5-3-6-20(13-18)25(31)27-21-9-10-21/h3-8,11-14,16,21H,9-10,15H2,1-2H3,(H,27,31)/t16-/m0/s1. The van der Waals surface area contributed by atoms with Gasteiger partial charge in [0.1, 0.15) is 0 Å². The summed E-state index contributed by atoms with van der Waals surface area (Å²) in [5.74, 6) is -0.177. The Bertz CT molecular complexity index is 1230. The van der Waals surface area contributed by atoms with E-state index in [0.717, 1.165) is 24.0 Å². The molecule has 3 amide bonds. The molecule has 1 atom stereocenters. The predicted molar refractivity (Wildman–Crippen MR) is 125 cm³/mol. The first kappa shape index (κ1) is 21.0. The highest BCUT2D eigenvalue weighted by Gasteiger charge is 2.35. The van der Waals surface area contributed by atoms with Crippen LogP contribution in [-0.4, -0.2) is 36.3 Å². The van der Waals surface area contributed by atoms with Gasteiger partial charge in [0, 0.05) is 25.1 Å². The van der Waals surface area contributed by atoms with Crippen molar-refractivity contribution in [2.75, 3.05) is 16.3 Å². The summed E-state index contributed by atoms with van der Waals surface area (Å²) >= 11 is 0. The summed E-state index contributed by atoms with van der Waals surface area (Å²) in [5.41, 5.74) is 3.62. The summed E-state index contributed by atoms with van der Waals surface area (Å²) < 4.78 is 5.35. The number of furan rings is 1. The van der Waals surface area contributed by atoms with Crippen molar-refractivity contribution in [3.63, 3.8) is 0 Å². The molecule has 1 aliphatic carbocycles. The molecule has 0 unspecified atom stereocenters. The van der Waals surface area contributed by atoms with Gasteiger partial charge in [-0.1, -0.05) is 18.2 Å². The van der Waals surface area contributed by atoms with Crippen LogP contribution in [0.2, 0.25) is 0 Å². The molecule has 2 aromatic carbocycles. The van der Waals surface area contributed by atoms with Crippen LogP contribution in [0.15, 0.2) is 65.3 Å². The molecule has 168 valence electrons. The molecule has 2 aliphatic rings. The first-order valence-electron chi connectivity index (χ1n) is 11.1. The van der Waals surface area contributed by atoms with E-state index in [0.29, 0.717) is 23.5 Å². The van der Waals surface area contributed by atoms with E-state index in [4.69, 9.17) is 4.42 Å². The van der Waals surface area contributed by atoms with Crippen molar-refractivity contribution in [2.45, 2.75) is 38.8 Å². The largest absolute Gasteiger partial charge is 0.459 e. The highest BCUT2D eigenvalue weighted by molar-refractivity contribution is 6.10. The highest BCUT2D eigenvalue weighted by atomic mass is 16.3.